The van der Waals surface area contributed by atoms with E-state index in [1.165, 1.54) is 11.8 Å². The van der Waals surface area contributed by atoms with Gasteiger partial charge in [-0.25, -0.2) is 9.97 Å². The lowest BCUT2D eigenvalue weighted by Crippen LogP contribution is -2.54. The van der Waals surface area contributed by atoms with E-state index in [1.807, 2.05) is 43.0 Å². The first-order chi connectivity index (χ1) is 15.7. The zero-order valence-corrected chi connectivity index (χ0v) is 21.3. The maximum absolute atomic E-state index is 13.0. The Morgan fingerprint density at radius 1 is 1.21 bits per heavy atom. The first kappa shape index (κ1) is 25.6. The average Bonchev–Trinajstić information content (AvgIpc) is 2.77. The van der Waals surface area contributed by atoms with Crippen LogP contribution >= 0.6 is 35.0 Å². The molecule has 1 aliphatic heterocycles. The van der Waals surface area contributed by atoms with Crippen LogP contribution in [0.4, 0.5) is 5.82 Å². The van der Waals surface area contributed by atoms with E-state index in [0.29, 0.717) is 52.9 Å². The number of aromatic nitrogens is 2. The molecule has 1 unspecified atom stereocenters. The summed E-state index contributed by atoms with van der Waals surface area (Å²) in [5.41, 5.74) is 0.507. The Labute approximate surface area is 208 Å². The van der Waals surface area contributed by atoms with Gasteiger partial charge >= 0.3 is 0 Å². The molecular weight excluding hydrogens is 483 g/mol. The Hall–Kier alpha value is -2.07. The Bertz CT molecular complexity index is 993. The van der Waals surface area contributed by atoms with Gasteiger partial charge in [0.05, 0.1) is 16.3 Å². The molecule has 1 aromatic heterocycles. The third kappa shape index (κ3) is 7.20. The number of nitrogens with one attached hydrogen (secondary N) is 1. The second kappa shape index (κ2) is 11.9. The summed E-state index contributed by atoms with van der Waals surface area (Å²) in [7, 11) is 3.91. The van der Waals surface area contributed by atoms with E-state index >= 15 is 0 Å². The Balaban J connectivity index is 1.60. The number of halogens is 2. The highest BCUT2D eigenvalue weighted by Crippen LogP contribution is 2.25. The lowest BCUT2D eigenvalue weighted by Gasteiger charge is -2.40. The molecule has 11 heteroatoms. The molecule has 1 N–H and O–H groups in total. The minimum absolute atomic E-state index is 0.0464. The van der Waals surface area contributed by atoms with Gasteiger partial charge in [0.15, 0.2) is 5.16 Å². The fraction of sp³-hybridized carbons (Fsp3) is 0.455. The van der Waals surface area contributed by atoms with Crippen molar-refractivity contribution in [2.24, 2.45) is 0 Å². The van der Waals surface area contributed by atoms with Crippen LogP contribution in [0.1, 0.15) is 17.3 Å². The molecule has 33 heavy (non-hydrogen) atoms. The predicted molar refractivity (Wildman–Crippen MR) is 133 cm³/mol. The van der Waals surface area contributed by atoms with Gasteiger partial charge in [0, 0.05) is 44.8 Å². The van der Waals surface area contributed by atoms with Crippen molar-refractivity contribution >= 4 is 52.6 Å². The topological polar surface area (TPSA) is 81.7 Å². The number of thioether (sulfide) groups is 1. The molecule has 0 spiro atoms. The average molecular weight is 511 g/mol. The van der Waals surface area contributed by atoms with Gasteiger partial charge in [0.1, 0.15) is 11.0 Å². The SMILES string of the molecule is CC1CN(c2cc(Cl)nc(SCC(=O)NCCN(C)C)n2)CCN1C(=O)c1ccccc1Cl. The summed E-state index contributed by atoms with van der Waals surface area (Å²) in [5.74, 6) is 0.739. The van der Waals surface area contributed by atoms with Gasteiger partial charge in [-0.05, 0) is 33.2 Å². The second-order valence-corrected chi connectivity index (χ2v) is 9.78. The summed E-state index contributed by atoms with van der Waals surface area (Å²) in [6.07, 6.45) is 0. The van der Waals surface area contributed by atoms with Gasteiger partial charge in [0.25, 0.3) is 5.91 Å². The summed E-state index contributed by atoms with van der Waals surface area (Å²) in [5, 5.41) is 4.08. The van der Waals surface area contributed by atoms with Crippen molar-refractivity contribution < 1.29 is 9.59 Å². The molecular formula is C22H28Cl2N6O2S. The van der Waals surface area contributed by atoms with Gasteiger partial charge in [-0.1, -0.05) is 47.1 Å². The monoisotopic (exact) mass is 510 g/mol. The van der Waals surface area contributed by atoms with Crippen LogP contribution in [0.5, 0.6) is 0 Å². The molecule has 0 bridgehead atoms. The van der Waals surface area contributed by atoms with Gasteiger partial charge in [-0.3, -0.25) is 9.59 Å². The van der Waals surface area contributed by atoms with Gasteiger partial charge in [-0.15, -0.1) is 0 Å². The maximum Gasteiger partial charge on any atom is 0.255 e. The summed E-state index contributed by atoms with van der Waals surface area (Å²) in [6.45, 7) is 5.09. The Morgan fingerprint density at radius 2 is 1.97 bits per heavy atom. The number of rotatable bonds is 8. The molecule has 0 saturated carbocycles. The van der Waals surface area contributed by atoms with Crippen LogP contribution in [-0.2, 0) is 4.79 Å². The van der Waals surface area contributed by atoms with Gasteiger partial charge in [0.2, 0.25) is 5.91 Å². The summed E-state index contributed by atoms with van der Waals surface area (Å²) in [6, 6.07) is 8.75. The Morgan fingerprint density at radius 3 is 2.67 bits per heavy atom. The quantitative estimate of drug-likeness (QED) is 0.332. The first-order valence-electron chi connectivity index (χ1n) is 10.6. The number of carbonyl (C=O) groups is 2. The molecule has 3 rings (SSSR count). The smallest absolute Gasteiger partial charge is 0.255 e. The number of likely N-dealkylation sites (N-methyl/N-ethyl adjacent to an activating group) is 1. The molecule has 178 valence electrons. The standard InChI is InChI=1S/C22H28Cl2N6O2S/c1-15-13-29(10-11-30(15)21(32)16-6-4-5-7-17(16)23)19-12-18(24)26-22(27-19)33-14-20(31)25-8-9-28(2)3/h4-7,12,15H,8-11,13-14H2,1-3H3,(H,25,31). The third-order valence-corrected chi connectivity index (χ3v) is 6.56. The Kier molecular flexibility index (Phi) is 9.19. The summed E-state index contributed by atoms with van der Waals surface area (Å²) < 4.78 is 0. The molecule has 2 heterocycles. The van der Waals surface area contributed by atoms with Crippen LogP contribution < -0.4 is 10.2 Å². The number of amides is 2. The molecule has 1 fully saturated rings. The predicted octanol–water partition coefficient (Wildman–Crippen LogP) is 2.90. The van der Waals surface area contributed by atoms with Gasteiger partial charge < -0.3 is 20.0 Å². The number of carbonyl (C=O) groups excluding carboxylic acids is 2. The van der Waals surface area contributed by atoms with Crippen LogP contribution in [0.2, 0.25) is 10.2 Å². The molecule has 0 aliphatic carbocycles. The van der Waals surface area contributed by atoms with Crippen molar-refractivity contribution in [3.05, 3.63) is 46.1 Å². The number of nitrogens with zero attached hydrogens (tertiary/aromatic N) is 5. The van der Waals surface area contributed by atoms with Crippen LogP contribution in [0.25, 0.3) is 0 Å². The lowest BCUT2D eigenvalue weighted by molar-refractivity contribution is -0.118. The number of piperazine rings is 1. The van der Waals surface area contributed by atoms with Crippen molar-refractivity contribution in [3.8, 4) is 0 Å². The zero-order chi connectivity index (χ0) is 24.0. The van der Waals surface area contributed by atoms with Crippen LogP contribution in [0, 0.1) is 0 Å². The third-order valence-electron chi connectivity index (χ3n) is 5.19. The highest BCUT2D eigenvalue weighted by Gasteiger charge is 2.30. The molecule has 2 amide bonds. The molecule has 1 saturated heterocycles. The van der Waals surface area contributed by atoms with Crippen molar-refractivity contribution in [1.82, 2.24) is 25.1 Å². The minimum Gasteiger partial charge on any atom is -0.354 e. The van der Waals surface area contributed by atoms with Crippen molar-refractivity contribution in [3.63, 3.8) is 0 Å². The number of hydrogen-bond acceptors (Lipinski definition) is 7. The van der Waals surface area contributed by atoms with Gasteiger partial charge in [-0.2, -0.15) is 0 Å². The van der Waals surface area contributed by atoms with Crippen molar-refractivity contribution in [1.29, 1.82) is 0 Å². The summed E-state index contributed by atoms with van der Waals surface area (Å²) >= 11 is 13.7. The first-order valence-corrected chi connectivity index (χ1v) is 12.4. The van der Waals surface area contributed by atoms with Crippen LogP contribution in [0.15, 0.2) is 35.5 Å². The maximum atomic E-state index is 13.0. The highest BCUT2D eigenvalue weighted by molar-refractivity contribution is 7.99. The van der Waals surface area contributed by atoms with E-state index in [4.69, 9.17) is 23.2 Å². The fourth-order valence-electron chi connectivity index (χ4n) is 3.47. The molecule has 0 radical (unpaired) electrons. The number of benzene rings is 1. The summed E-state index contributed by atoms with van der Waals surface area (Å²) in [4.78, 5) is 39.8. The normalized spacial score (nSPS) is 16.2. The van der Waals surface area contributed by atoms with E-state index in [1.54, 1.807) is 18.2 Å². The van der Waals surface area contributed by atoms with Crippen molar-refractivity contribution in [2.45, 2.75) is 18.1 Å². The second-order valence-electron chi connectivity index (χ2n) is 8.05. The molecule has 1 atom stereocenters. The minimum atomic E-state index is -0.0787. The van der Waals surface area contributed by atoms with E-state index in [0.717, 1.165) is 6.54 Å². The van der Waals surface area contributed by atoms with E-state index < -0.39 is 0 Å². The molecule has 1 aromatic carbocycles. The highest BCUT2D eigenvalue weighted by atomic mass is 35.5. The lowest BCUT2D eigenvalue weighted by atomic mass is 10.1. The molecule has 2 aromatic rings. The zero-order valence-electron chi connectivity index (χ0n) is 18.9. The number of anilines is 1. The van der Waals surface area contributed by atoms with E-state index in [9.17, 15) is 9.59 Å². The fourth-order valence-corrected chi connectivity index (χ4v) is 4.60. The van der Waals surface area contributed by atoms with Crippen molar-refractivity contribution in [2.75, 3.05) is 57.5 Å². The van der Waals surface area contributed by atoms with Crippen LogP contribution in [0.3, 0.4) is 0 Å². The molecule has 1 aliphatic rings. The number of hydrogen-bond donors (Lipinski definition) is 1. The molecule has 8 nitrogen and oxygen atoms in total. The van der Waals surface area contributed by atoms with E-state index in [-0.39, 0.29) is 23.6 Å². The van der Waals surface area contributed by atoms with E-state index in [2.05, 4.69) is 20.2 Å². The van der Waals surface area contributed by atoms with Crippen LogP contribution in [-0.4, -0.2) is 90.2 Å². The largest absolute Gasteiger partial charge is 0.354 e.